The van der Waals surface area contributed by atoms with Crippen LogP contribution in [0.15, 0.2) is 36.5 Å². The molecule has 0 aliphatic carbocycles. The quantitative estimate of drug-likeness (QED) is 0.910. The molecule has 0 saturated carbocycles. The highest BCUT2D eigenvalue weighted by Crippen LogP contribution is 2.32. The average Bonchev–Trinajstić information content (AvgIpc) is 2.36. The third-order valence-electron chi connectivity index (χ3n) is 2.57. The number of carboxylic acid groups (broad SMARTS) is 1. The number of aromatic carboxylic acids is 1. The van der Waals surface area contributed by atoms with Crippen LogP contribution in [0.3, 0.4) is 0 Å². The van der Waals surface area contributed by atoms with Gasteiger partial charge in [-0.3, -0.25) is 0 Å². The molecule has 2 rings (SSSR count). The molecule has 0 fully saturated rings. The topological polar surface area (TPSA) is 85.4 Å². The number of ether oxygens (including phenoxy) is 1. The number of nitrogens with zero attached hydrogens (tertiary/aromatic N) is 1. The molecule has 0 unspecified atom stereocenters. The number of anilines is 1. The molecule has 0 aliphatic heterocycles. The number of carbonyl (C=O) groups is 1. The molecule has 1 aromatic carbocycles. The van der Waals surface area contributed by atoms with Gasteiger partial charge >= 0.3 is 12.3 Å². The van der Waals surface area contributed by atoms with Gasteiger partial charge in [-0.15, -0.1) is 13.2 Å². The van der Waals surface area contributed by atoms with E-state index in [2.05, 4.69) is 9.72 Å². The predicted molar refractivity (Wildman–Crippen MR) is 67.7 cm³/mol. The van der Waals surface area contributed by atoms with Crippen molar-refractivity contribution in [3.8, 4) is 16.9 Å². The van der Waals surface area contributed by atoms with Crippen LogP contribution < -0.4 is 10.5 Å². The Balaban J connectivity index is 2.53. The van der Waals surface area contributed by atoms with Gasteiger partial charge in [0, 0.05) is 11.8 Å². The summed E-state index contributed by atoms with van der Waals surface area (Å²) in [6.07, 6.45) is -3.63. The van der Waals surface area contributed by atoms with Crippen LogP contribution in [0.5, 0.6) is 5.75 Å². The molecule has 2 aromatic rings. The number of pyridine rings is 1. The lowest BCUT2D eigenvalue weighted by atomic mass is 10.0. The summed E-state index contributed by atoms with van der Waals surface area (Å²) in [6.45, 7) is 0. The molecule has 8 heteroatoms. The van der Waals surface area contributed by atoms with E-state index in [-0.39, 0.29) is 22.5 Å². The minimum Gasteiger partial charge on any atom is -0.478 e. The molecule has 1 heterocycles. The summed E-state index contributed by atoms with van der Waals surface area (Å²) in [6, 6.07) is 6.08. The van der Waals surface area contributed by atoms with Gasteiger partial charge in [0.1, 0.15) is 11.6 Å². The molecule has 1 aromatic heterocycles. The Morgan fingerprint density at radius 1 is 1.29 bits per heavy atom. The molecule has 0 bridgehead atoms. The van der Waals surface area contributed by atoms with E-state index >= 15 is 0 Å². The molecule has 110 valence electrons. The molecule has 21 heavy (non-hydrogen) atoms. The van der Waals surface area contributed by atoms with Crippen molar-refractivity contribution in [2.75, 3.05) is 5.73 Å². The first-order valence-electron chi connectivity index (χ1n) is 5.62. The lowest BCUT2D eigenvalue weighted by Gasteiger charge is -2.12. The highest BCUT2D eigenvalue weighted by atomic mass is 19.4. The Hall–Kier alpha value is -2.77. The van der Waals surface area contributed by atoms with Crippen molar-refractivity contribution in [2.24, 2.45) is 0 Å². The second-order valence-corrected chi connectivity index (χ2v) is 4.00. The maximum absolute atomic E-state index is 12.2. The SMILES string of the molecule is Nc1nccc(C(=O)O)c1-c1cccc(OC(F)(F)F)c1. The Morgan fingerprint density at radius 2 is 2.00 bits per heavy atom. The number of nitrogens with two attached hydrogens (primary N) is 1. The van der Waals surface area contributed by atoms with E-state index < -0.39 is 18.1 Å². The smallest absolute Gasteiger partial charge is 0.478 e. The fourth-order valence-electron chi connectivity index (χ4n) is 1.81. The van der Waals surface area contributed by atoms with Gasteiger partial charge in [-0.05, 0) is 23.8 Å². The van der Waals surface area contributed by atoms with Gasteiger partial charge in [0.15, 0.2) is 0 Å². The molecule has 0 aliphatic rings. The fraction of sp³-hybridized carbons (Fsp3) is 0.0769. The summed E-state index contributed by atoms with van der Waals surface area (Å²) in [7, 11) is 0. The van der Waals surface area contributed by atoms with E-state index in [0.29, 0.717) is 0 Å². The van der Waals surface area contributed by atoms with E-state index in [1.54, 1.807) is 0 Å². The van der Waals surface area contributed by atoms with Crippen molar-refractivity contribution in [3.63, 3.8) is 0 Å². The van der Waals surface area contributed by atoms with Crippen molar-refractivity contribution >= 4 is 11.8 Å². The minimum absolute atomic E-state index is 0.0395. The van der Waals surface area contributed by atoms with E-state index in [4.69, 9.17) is 10.8 Å². The molecule has 0 amide bonds. The Bertz CT molecular complexity index is 687. The summed E-state index contributed by atoms with van der Waals surface area (Å²) < 4.78 is 40.4. The Morgan fingerprint density at radius 3 is 2.62 bits per heavy atom. The van der Waals surface area contributed by atoms with Gasteiger partial charge in [-0.1, -0.05) is 12.1 Å². The third kappa shape index (κ3) is 3.41. The first-order valence-corrected chi connectivity index (χ1v) is 5.62. The van der Waals surface area contributed by atoms with E-state index in [1.807, 2.05) is 0 Å². The molecule has 0 atom stereocenters. The van der Waals surface area contributed by atoms with Gasteiger partial charge in [0.05, 0.1) is 5.56 Å². The lowest BCUT2D eigenvalue weighted by molar-refractivity contribution is -0.274. The van der Waals surface area contributed by atoms with Gasteiger partial charge in [0.25, 0.3) is 0 Å². The number of hydrogen-bond acceptors (Lipinski definition) is 4. The van der Waals surface area contributed by atoms with Gasteiger partial charge in [-0.2, -0.15) is 0 Å². The summed E-state index contributed by atoms with van der Waals surface area (Å²) in [5, 5.41) is 9.11. The lowest BCUT2D eigenvalue weighted by Crippen LogP contribution is -2.17. The van der Waals surface area contributed by atoms with Crippen LogP contribution in [-0.4, -0.2) is 22.4 Å². The molecule has 3 N–H and O–H groups in total. The minimum atomic E-state index is -4.84. The number of aromatic nitrogens is 1. The van der Waals surface area contributed by atoms with Crippen LogP contribution in [0.25, 0.3) is 11.1 Å². The van der Waals surface area contributed by atoms with Crippen molar-refractivity contribution < 1.29 is 27.8 Å². The van der Waals surface area contributed by atoms with Crippen LogP contribution in [0.1, 0.15) is 10.4 Å². The zero-order chi connectivity index (χ0) is 15.6. The van der Waals surface area contributed by atoms with E-state index in [0.717, 1.165) is 12.1 Å². The summed E-state index contributed by atoms with van der Waals surface area (Å²) in [4.78, 5) is 14.9. The van der Waals surface area contributed by atoms with Crippen LogP contribution in [0, 0.1) is 0 Å². The maximum Gasteiger partial charge on any atom is 0.573 e. The zero-order valence-corrected chi connectivity index (χ0v) is 10.4. The van der Waals surface area contributed by atoms with Crippen molar-refractivity contribution in [1.82, 2.24) is 4.98 Å². The van der Waals surface area contributed by atoms with Crippen LogP contribution in [0.2, 0.25) is 0 Å². The summed E-state index contributed by atoms with van der Waals surface area (Å²) >= 11 is 0. The first kappa shape index (κ1) is 14.6. The number of halogens is 3. The third-order valence-corrected chi connectivity index (χ3v) is 2.57. The molecule has 5 nitrogen and oxygen atoms in total. The largest absolute Gasteiger partial charge is 0.573 e. The molecule has 0 spiro atoms. The molecular formula is C13H9F3N2O3. The Kier molecular flexibility index (Phi) is 3.70. The van der Waals surface area contributed by atoms with Crippen molar-refractivity contribution in [3.05, 3.63) is 42.1 Å². The second kappa shape index (κ2) is 5.31. The highest BCUT2D eigenvalue weighted by molar-refractivity contribution is 5.99. The first-order chi connectivity index (χ1) is 9.78. The fourth-order valence-corrected chi connectivity index (χ4v) is 1.81. The molecule has 0 saturated heterocycles. The normalized spacial score (nSPS) is 11.2. The Labute approximate surface area is 116 Å². The number of rotatable bonds is 3. The number of carboxylic acids is 1. The summed E-state index contributed by atoms with van der Waals surface area (Å²) in [5.74, 6) is -1.83. The van der Waals surface area contributed by atoms with E-state index in [9.17, 15) is 18.0 Å². The predicted octanol–water partition coefficient (Wildman–Crippen LogP) is 2.93. The number of nitrogen functional groups attached to an aromatic ring is 1. The number of benzene rings is 1. The van der Waals surface area contributed by atoms with Gasteiger partial charge < -0.3 is 15.6 Å². The van der Waals surface area contributed by atoms with Crippen LogP contribution >= 0.6 is 0 Å². The standard InChI is InChI=1S/C13H9F3N2O3/c14-13(15,16)21-8-3-1-2-7(6-8)10-9(12(19)20)4-5-18-11(10)17/h1-6H,(H2,17,18)(H,19,20). The van der Waals surface area contributed by atoms with Crippen molar-refractivity contribution in [1.29, 1.82) is 0 Å². The monoisotopic (exact) mass is 298 g/mol. The molecular weight excluding hydrogens is 289 g/mol. The van der Waals surface area contributed by atoms with Crippen LogP contribution in [0.4, 0.5) is 19.0 Å². The molecule has 0 radical (unpaired) electrons. The zero-order valence-electron chi connectivity index (χ0n) is 10.4. The van der Waals surface area contributed by atoms with Crippen molar-refractivity contribution in [2.45, 2.75) is 6.36 Å². The number of hydrogen-bond donors (Lipinski definition) is 2. The summed E-state index contributed by atoms with van der Waals surface area (Å²) in [5.41, 5.74) is 5.68. The van der Waals surface area contributed by atoms with Crippen LogP contribution in [-0.2, 0) is 0 Å². The average molecular weight is 298 g/mol. The number of alkyl halides is 3. The second-order valence-electron chi connectivity index (χ2n) is 4.00. The highest BCUT2D eigenvalue weighted by Gasteiger charge is 2.31. The van der Waals surface area contributed by atoms with E-state index in [1.165, 1.54) is 24.4 Å². The van der Waals surface area contributed by atoms with Gasteiger partial charge in [0.2, 0.25) is 0 Å². The van der Waals surface area contributed by atoms with Gasteiger partial charge in [-0.25, -0.2) is 9.78 Å². The maximum atomic E-state index is 12.2.